The van der Waals surface area contributed by atoms with Gasteiger partial charge in [-0.3, -0.25) is 9.80 Å². The Hall–Kier alpha value is -0.341. The molecule has 0 saturated carbocycles. The maximum Gasteiger partial charge on any atom is 3.00 e. The molecule has 1 atom stereocenters. The van der Waals surface area contributed by atoms with Gasteiger partial charge in [0.25, 0.3) is 0 Å². The molecule has 231 valence electrons. The largest absolute Gasteiger partial charge is 3.00 e. The van der Waals surface area contributed by atoms with Gasteiger partial charge in [-0.15, -0.1) is 0 Å². The third kappa shape index (κ3) is 12.6. The van der Waals surface area contributed by atoms with Gasteiger partial charge in [-0.05, 0) is 47.2 Å². The second-order valence-corrected chi connectivity index (χ2v) is 12.6. The van der Waals surface area contributed by atoms with Gasteiger partial charge in [0.2, 0.25) is 0 Å². The van der Waals surface area contributed by atoms with Crippen LogP contribution in [-0.4, -0.2) is 67.1 Å². The van der Waals surface area contributed by atoms with Crippen LogP contribution in [0.3, 0.4) is 0 Å². The standard InChI is InChI=1S/C25H40N2O11P2.Fe.Na/c1-3-18-7-17(12-28)8-25(32)22(18)10-26(15-39(33,34)35)9-20(14-30)27(16-40(36,37)38)11-23-21(4-2)19(13-29)5-6-24(23)31;;/h5-8,20,28-32H,3-4,9-16H2,1-2H3,(H2,33,34,35)(H2,36,37,38);;/q;+3;+1/p-4. The number of aliphatic hydroxyl groups is 3. The minimum Gasteiger partial charge on any atom is -0.810 e. The van der Waals surface area contributed by atoms with Crippen LogP contribution in [0.2, 0.25) is 0 Å². The molecule has 0 fully saturated rings. The summed E-state index contributed by atoms with van der Waals surface area (Å²) in [6.45, 7) is 1.02. The molecule has 17 heteroatoms. The molecule has 0 heterocycles. The Bertz CT molecular complexity index is 1250. The molecule has 0 amide bonds. The topological polar surface area (TPSA) is 234 Å². The van der Waals surface area contributed by atoms with E-state index in [1.54, 1.807) is 19.9 Å². The molecule has 0 saturated heterocycles. The normalized spacial score (nSPS) is 12.7. The zero-order chi connectivity index (χ0) is 30.3. The van der Waals surface area contributed by atoms with Crippen molar-refractivity contribution in [2.45, 2.75) is 59.0 Å². The van der Waals surface area contributed by atoms with Crippen molar-refractivity contribution in [2.75, 3.05) is 25.7 Å². The zero-order valence-electron chi connectivity index (χ0n) is 23.8. The van der Waals surface area contributed by atoms with Gasteiger partial charge in [-0.25, -0.2) is 0 Å². The molecule has 2 aromatic carbocycles. The number of aliphatic hydroxyl groups excluding tert-OH is 3. The van der Waals surface area contributed by atoms with Crippen LogP contribution in [0.1, 0.15) is 47.2 Å². The predicted octanol–water partition coefficient (Wildman–Crippen LogP) is -4.38. The van der Waals surface area contributed by atoms with Crippen molar-refractivity contribution in [2.24, 2.45) is 0 Å². The first kappa shape index (κ1) is 41.7. The second kappa shape index (κ2) is 18.6. The summed E-state index contributed by atoms with van der Waals surface area (Å²) in [4.78, 5) is 49.4. The van der Waals surface area contributed by atoms with Crippen molar-refractivity contribution in [1.82, 2.24) is 9.80 Å². The molecule has 42 heavy (non-hydrogen) atoms. The molecule has 0 aliphatic rings. The van der Waals surface area contributed by atoms with Crippen LogP contribution < -0.4 is 49.1 Å². The molecular weight excluding hydrogens is 645 g/mol. The Morgan fingerprint density at radius 1 is 0.786 bits per heavy atom. The summed E-state index contributed by atoms with van der Waals surface area (Å²) >= 11 is 0. The van der Waals surface area contributed by atoms with Gasteiger partial charge in [0.05, 0.1) is 19.8 Å². The maximum absolute atomic E-state index is 11.8. The summed E-state index contributed by atoms with van der Waals surface area (Å²) in [5.41, 5.74) is 2.46. The van der Waals surface area contributed by atoms with E-state index in [9.17, 15) is 54.2 Å². The summed E-state index contributed by atoms with van der Waals surface area (Å²) in [6.07, 6.45) is -1.38. The first-order valence-electron chi connectivity index (χ1n) is 12.6. The van der Waals surface area contributed by atoms with Crippen molar-refractivity contribution < 1.29 is 101 Å². The van der Waals surface area contributed by atoms with E-state index in [0.29, 0.717) is 35.1 Å². The van der Waals surface area contributed by atoms with Gasteiger partial charge in [-0.1, -0.05) is 41.2 Å². The number of aryl methyl sites for hydroxylation is 1. The third-order valence-corrected chi connectivity index (χ3v) is 8.09. The van der Waals surface area contributed by atoms with E-state index in [-0.39, 0.29) is 95.6 Å². The molecule has 2 rings (SSSR count). The zero-order valence-corrected chi connectivity index (χ0v) is 28.7. The van der Waals surface area contributed by atoms with Crippen LogP contribution in [-0.2, 0) is 65.3 Å². The predicted molar refractivity (Wildman–Crippen MR) is 139 cm³/mol. The first-order valence-corrected chi connectivity index (χ1v) is 16.1. The van der Waals surface area contributed by atoms with Crippen LogP contribution >= 0.6 is 15.2 Å². The average molecular weight is 681 g/mol. The van der Waals surface area contributed by atoms with Crippen molar-refractivity contribution >= 4 is 15.2 Å². The van der Waals surface area contributed by atoms with Crippen molar-refractivity contribution in [3.05, 3.63) is 57.6 Å². The van der Waals surface area contributed by atoms with Crippen LogP contribution in [0.15, 0.2) is 24.3 Å². The van der Waals surface area contributed by atoms with Gasteiger partial charge in [0.1, 0.15) is 11.5 Å². The minimum absolute atomic E-state index is 0. The van der Waals surface area contributed by atoms with Crippen molar-refractivity contribution in [1.29, 1.82) is 0 Å². The summed E-state index contributed by atoms with van der Waals surface area (Å²) in [6, 6.07) is 4.52. The van der Waals surface area contributed by atoms with Crippen LogP contribution in [0.25, 0.3) is 0 Å². The van der Waals surface area contributed by atoms with Gasteiger partial charge >= 0.3 is 46.6 Å². The SMILES string of the molecule is CCc1cc(CO)cc(O)c1CN(CC(CO)N(Cc1c(O)ccc(CO)c1CC)CP(=O)([O-])[O-])CP(=O)([O-])[O-].[Fe+3].[Na+]. The molecule has 2 aromatic rings. The minimum atomic E-state index is -5.24. The molecule has 0 bridgehead atoms. The molecular formula is C25H36FeN2NaO11P2. The molecule has 5 N–H and O–H groups in total. The van der Waals surface area contributed by atoms with Crippen LogP contribution in [0, 0.1) is 0 Å². The number of aromatic hydroxyl groups is 2. The molecule has 0 aromatic heterocycles. The Morgan fingerprint density at radius 3 is 1.88 bits per heavy atom. The van der Waals surface area contributed by atoms with E-state index < -0.39 is 47.0 Å². The summed E-state index contributed by atoms with van der Waals surface area (Å²) < 4.78 is 23.6. The van der Waals surface area contributed by atoms with Crippen LogP contribution in [0.5, 0.6) is 11.5 Å². The molecule has 1 radical (unpaired) electrons. The average Bonchev–Trinajstić information content (AvgIpc) is 2.86. The Morgan fingerprint density at radius 2 is 1.40 bits per heavy atom. The number of rotatable bonds is 16. The van der Waals surface area contributed by atoms with E-state index in [0.717, 1.165) is 9.80 Å². The second-order valence-electron chi connectivity index (χ2n) is 9.58. The van der Waals surface area contributed by atoms with Gasteiger partial charge < -0.3 is 54.2 Å². The van der Waals surface area contributed by atoms with E-state index >= 15 is 0 Å². The van der Waals surface area contributed by atoms with Gasteiger partial charge in [-0.2, -0.15) is 0 Å². The summed E-state index contributed by atoms with van der Waals surface area (Å²) in [7, 11) is -10.4. The molecule has 13 nitrogen and oxygen atoms in total. The van der Waals surface area contributed by atoms with Crippen molar-refractivity contribution in [3.63, 3.8) is 0 Å². The number of hydrogen-bond donors (Lipinski definition) is 5. The molecule has 1 unspecified atom stereocenters. The monoisotopic (exact) mass is 681 g/mol. The van der Waals surface area contributed by atoms with Crippen molar-refractivity contribution in [3.8, 4) is 11.5 Å². The maximum atomic E-state index is 11.8. The van der Waals surface area contributed by atoms with E-state index in [4.69, 9.17) is 0 Å². The Labute approximate surface area is 278 Å². The summed E-state index contributed by atoms with van der Waals surface area (Å²) in [5, 5.41) is 50.5. The van der Waals surface area contributed by atoms with Gasteiger partial charge in [0.15, 0.2) is 0 Å². The van der Waals surface area contributed by atoms with Gasteiger partial charge in [0, 0.05) is 49.4 Å². The quantitative estimate of drug-likeness (QED) is 0.0833. The number of hydrogen-bond acceptors (Lipinski definition) is 13. The molecule has 0 spiro atoms. The Kier molecular flexibility index (Phi) is 18.4. The number of phenolic OH excluding ortho intramolecular Hbond substituents is 2. The third-order valence-electron chi connectivity index (χ3n) is 6.64. The smallest absolute Gasteiger partial charge is 0.810 e. The first-order chi connectivity index (χ1) is 18.7. The fourth-order valence-electron chi connectivity index (χ4n) is 4.81. The fraction of sp³-hybridized carbons (Fsp3) is 0.520. The molecule has 0 aliphatic heterocycles. The van der Waals surface area contributed by atoms with E-state index in [2.05, 4.69) is 0 Å². The number of benzene rings is 2. The number of phenols is 2. The van der Waals surface area contributed by atoms with E-state index in [1.807, 2.05) is 0 Å². The fourth-order valence-corrected chi connectivity index (χ4v) is 6.29. The Balaban J connectivity index is 0.00000840. The summed E-state index contributed by atoms with van der Waals surface area (Å²) in [5.74, 6) is -0.483. The van der Waals surface area contributed by atoms with E-state index in [1.165, 1.54) is 18.2 Å². The molecule has 0 aliphatic carbocycles. The van der Waals surface area contributed by atoms with Crippen LogP contribution in [0.4, 0.5) is 0 Å². The number of nitrogens with zero attached hydrogens (tertiary/aromatic N) is 2.